The second-order valence-electron chi connectivity index (χ2n) is 7.47. The Hall–Kier alpha value is -2.56. The lowest BCUT2D eigenvalue weighted by Gasteiger charge is -2.14. The lowest BCUT2D eigenvalue weighted by Crippen LogP contribution is -2.19. The first-order chi connectivity index (χ1) is 12.5. The van der Waals surface area contributed by atoms with Crippen LogP contribution in [0.25, 0.3) is 11.0 Å². The number of fused-ring (bicyclic) bond motifs is 1. The van der Waals surface area contributed by atoms with Crippen LogP contribution in [0, 0.1) is 20.8 Å². The Balaban J connectivity index is 1.54. The summed E-state index contributed by atoms with van der Waals surface area (Å²) in [7, 11) is 0. The maximum Gasteiger partial charge on any atom is 0.230 e. The van der Waals surface area contributed by atoms with E-state index < -0.39 is 0 Å². The van der Waals surface area contributed by atoms with Crippen LogP contribution in [0.2, 0.25) is 0 Å². The number of hydrogen-bond acceptors (Lipinski definition) is 3. The molecule has 0 aliphatic heterocycles. The number of furan rings is 1. The number of hydrogen-bond donors (Lipinski definition) is 1. The standard InChI is InChI=1S/C21H25N3O2/c1-13-8-18-16(12-26-19(18)9-14(13)2)11-21(25)22-20-10-15(3)23-24(20)17-6-4-5-7-17/h8-10,12,17H,4-7,11H2,1-3H3,(H,22,25). The van der Waals surface area contributed by atoms with Gasteiger partial charge >= 0.3 is 0 Å². The van der Waals surface area contributed by atoms with Gasteiger partial charge in [-0.1, -0.05) is 12.8 Å². The summed E-state index contributed by atoms with van der Waals surface area (Å²) in [6.45, 7) is 6.11. The molecule has 0 unspecified atom stereocenters. The van der Waals surface area contributed by atoms with Gasteiger partial charge in [0, 0.05) is 17.0 Å². The van der Waals surface area contributed by atoms with E-state index in [-0.39, 0.29) is 5.91 Å². The minimum absolute atomic E-state index is 0.0370. The normalized spacial score (nSPS) is 15.0. The van der Waals surface area contributed by atoms with Crippen LogP contribution in [0.1, 0.15) is 54.1 Å². The fourth-order valence-corrected chi connectivity index (χ4v) is 3.87. The summed E-state index contributed by atoms with van der Waals surface area (Å²) in [6, 6.07) is 6.49. The van der Waals surface area contributed by atoms with Gasteiger partial charge in [0.25, 0.3) is 0 Å². The quantitative estimate of drug-likeness (QED) is 0.731. The third-order valence-electron chi connectivity index (χ3n) is 5.42. The van der Waals surface area contributed by atoms with Crippen molar-refractivity contribution in [2.45, 2.75) is 58.9 Å². The molecule has 136 valence electrons. The molecule has 1 amide bonds. The summed E-state index contributed by atoms with van der Waals surface area (Å²) in [6.07, 6.45) is 6.73. The number of benzene rings is 1. The van der Waals surface area contributed by atoms with Crippen LogP contribution in [-0.4, -0.2) is 15.7 Å². The molecule has 2 heterocycles. The topological polar surface area (TPSA) is 60.1 Å². The molecule has 2 aromatic heterocycles. The van der Waals surface area contributed by atoms with Gasteiger partial charge < -0.3 is 9.73 Å². The predicted octanol–water partition coefficient (Wildman–Crippen LogP) is 4.85. The average molecular weight is 351 g/mol. The van der Waals surface area contributed by atoms with E-state index in [0.29, 0.717) is 12.5 Å². The van der Waals surface area contributed by atoms with Gasteiger partial charge in [-0.05, 0) is 56.9 Å². The third-order valence-corrected chi connectivity index (χ3v) is 5.42. The summed E-state index contributed by atoms with van der Waals surface area (Å²) >= 11 is 0. The molecule has 0 spiro atoms. The number of rotatable bonds is 4. The Labute approximate surface area is 153 Å². The molecule has 0 atom stereocenters. The predicted molar refractivity (Wildman–Crippen MR) is 102 cm³/mol. The van der Waals surface area contributed by atoms with Crippen molar-refractivity contribution in [1.82, 2.24) is 9.78 Å². The highest BCUT2D eigenvalue weighted by Crippen LogP contribution is 2.32. The molecule has 1 fully saturated rings. The van der Waals surface area contributed by atoms with Gasteiger partial charge in [0.05, 0.1) is 24.4 Å². The first-order valence-corrected chi connectivity index (χ1v) is 9.34. The lowest BCUT2D eigenvalue weighted by atomic mass is 10.0. The first kappa shape index (κ1) is 16.9. The third kappa shape index (κ3) is 3.14. The van der Waals surface area contributed by atoms with Crippen LogP contribution in [0.4, 0.5) is 5.82 Å². The van der Waals surface area contributed by atoms with Crippen LogP contribution in [0.15, 0.2) is 28.9 Å². The van der Waals surface area contributed by atoms with Crippen molar-refractivity contribution in [2.75, 3.05) is 5.32 Å². The maximum absolute atomic E-state index is 12.7. The fourth-order valence-electron chi connectivity index (χ4n) is 3.87. The smallest absolute Gasteiger partial charge is 0.230 e. The number of anilines is 1. The second-order valence-corrected chi connectivity index (χ2v) is 7.47. The number of carbonyl (C=O) groups is 1. The lowest BCUT2D eigenvalue weighted by molar-refractivity contribution is -0.115. The van der Waals surface area contributed by atoms with E-state index in [2.05, 4.69) is 30.3 Å². The number of nitrogens with one attached hydrogen (secondary N) is 1. The number of amides is 1. The summed E-state index contributed by atoms with van der Waals surface area (Å²) in [5, 5.41) is 8.67. The number of nitrogens with zero attached hydrogens (tertiary/aromatic N) is 2. The molecule has 1 aliphatic carbocycles. The van der Waals surface area contributed by atoms with Gasteiger partial charge in [-0.25, -0.2) is 4.68 Å². The van der Waals surface area contributed by atoms with Crippen LogP contribution in [-0.2, 0) is 11.2 Å². The number of carbonyl (C=O) groups excluding carboxylic acids is 1. The Kier molecular flexibility index (Phi) is 4.31. The molecule has 1 aliphatic rings. The minimum atomic E-state index is -0.0370. The molecule has 1 aromatic carbocycles. The summed E-state index contributed by atoms with van der Waals surface area (Å²) in [5.41, 5.74) is 5.09. The SMILES string of the molecule is Cc1cc(NC(=O)Cc2coc3cc(C)c(C)cc23)n(C2CCCC2)n1. The molecule has 1 saturated carbocycles. The number of aryl methyl sites for hydroxylation is 3. The van der Waals surface area contributed by atoms with E-state index >= 15 is 0 Å². The summed E-state index contributed by atoms with van der Waals surface area (Å²) in [4.78, 5) is 12.7. The molecule has 0 radical (unpaired) electrons. The molecular formula is C21H25N3O2. The molecule has 3 aromatic rings. The maximum atomic E-state index is 12.7. The zero-order valence-corrected chi connectivity index (χ0v) is 15.6. The second kappa shape index (κ2) is 6.63. The molecule has 5 nitrogen and oxygen atoms in total. The Bertz CT molecular complexity index is 961. The van der Waals surface area contributed by atoms with E-state index in [1.54, 1.807) is 6.26 Å². The van der Waals surface area contributed by atoms with Gasteiger partial charge in [-0.15, -0.1) is 0 Å². The molecule has 1 N–H and O–H groups in total. The van der Waals surface area contributed by atoms with Crippen LogP contribution in [0.5, 0.6) is 0 Å². The average Bonchev–Trinajstić information content (AvgIpc) is 3.30. The van der Waals surface area contributed by atoms with Crippen molar-refractivity contribution in [3.8, 4) is 0 Å². The van der Waals surface area contributed by atoms with Crippen molar-refractivity contribution in [3.63, 3.8) is 0 Å². The number of aromatic nitrogens is 2. The molecule has 26 heavy (non-hydrogen) atoms. The Morgan fingerprint density at radius 2 is 1.92 bits per heavy atom. The summed E-state index contributed by atoms with van der Waals surface area (Å²) in [5.74, 6) is 0.768. The van der Waals surface area contributed by atoms with Crippen LogP contribution < -0.4 is 5.32 Å². The van der Waals surface area contributed by atoms with Crippen LogP contribution >= 0.6 is 0 Å². The summed E-state index contributed by atoms with van der Waals surface area (Å²) < 4.78 is 7.65. The van der Waals surface area contributed by atoms with Gasteiger partial charge in [-0.2, -0.15) is 5.10 Å². The van der Waals surface area contributed by atoms with E-state index in [1.165, 1.54) is 24.0 Å². The zero-order valence-electron chi connectivity index (χ0n) is 15.6. The first-order valence-electron chi connectivity index (χ1n) is 9.34. The van der Waals surface area contributed by atoms with Crippen molar-refractivity contribution in [1.29, 1.82) is 0 Å². The van der Waals surface area contributed by atoms with Crippen molar-refractivity contribution < 1.29 is 9.21 Å². The monoisotopic (exact) mass is 351 g/mol. The van der Waals surface area contributed by atoms with E-state index in [0.717, 1.165) is 40.9 Å². The van der Waals surface area contributed by atoms with Gasteiger partial charge in [0.1, 0.15) is 11.4 Å². The molecule has 0 saturated heterocycles. The van der Waals surface area contributed by atoms with Gasteiger partial charge in [0.15, 0.2) is 0 Å². The highest BCUT2D eigenvalue weighted by molar-refractivity contribution is 5.95. The fraction of sp³-hybridized carbons (Fsp3) is 0.429. The Morgan fingerprint density at radius 3 is 2.69 bits per heavy atom. The van der Waals surface area contributed by atoms with Gasteiger partial charge in [0.2, 0.25) is 5.91 Å². The van der Waals surface area contributed by atoms with E-state index in [4.69, 9.17) is 4.42 Å². The van der Waals surface area contributed by atoms with Gasteiger partial charge in [-0.3, -0.25) is 4.79 Å². The molecule has 4 rings (SSSR count). The highest BCUT2D eigenvalue weighted by Gasteiger charge is 2.22. The van der Waals surface area contributed by atoms with Crippen molar-refractivity contribution >= 4 is 22.7 Å². The largest absolute Gasteiger partial charge is 0.464 e. The van der Waals surface area contributed by atoms with Crippen molar-refractivity contribution in [2.24, 2.45) is 0 Å². The van der Waals surface area contributed by atoms with E-state index in [1.807, 2.05) is 23.7 Å². The molecular weight excluding hydrogens is 326 g/mol. The zero-order chi connectivity index (χ0) is 18.3. The van der Waals surface area contributed by atoms with Crippen molar-refractivity contribution in [3.05, 3.63) is 46.8 Å². The minimum Gasteiger partial charge on any atom is -0.464 e. The van der Waals surface area contributed by atoms with Crippen LogP contribution in [0.3, 0.4) is 0 Å². The molecule has 5 heteroatoms. The Morgan fingerprint density at radius 1 is 1.19 bits per heavy atom. The molecule has 0 bridgehead atoms. The van der Waals surface area contributed by atoms with E-state index in [9.17, 15) is 4.79 Å². The highest BCUT2D eigenvalue weighted by atomic mass is 16.3.